The van der Waals surface area contributed by atoms with Gasteiger partial charge in [-0.3, -0.25) is 0 Å². The van der Waals surface area contributed by atoms with Crippen LogP contribution in [0, 0.1) is 0 Å². The van der Waals surface area contributed by atoms with Gasteiger partial charge in [-0.15, -0.1) is 11.8 Å². The SMILES string of the molecule is COC(=O)C1=C(Nc2ccc3ccccc3c2)SCC1=C=O. The number of thioether (sulfide) groups is 1. The van der Waals surface area contributed by atoms with Gasteiger partial charge in [0.25, 0.3) is 0 Å². The molecule has 4 nitrogen and oxygen atoms in total. The first-order valence-electron chi connectivity index (χ1n) is 6.68. The molecule has 0 saturated heterocycles. The van der Waals surface area contributed by atoms with E-state index in [0.29, 0.717) is 16.4 Å². The smallest absolute Gasteiger partial charge is 0.341 e. The third kappa shape index (κ3) is 2.64. The Balaban J connectivity index is 1.98. The largest absolute Gasteiger partial charge is 0.465 e. The Labute approximate surface area is 131 Å². The van der Waals surface area contributed by atoms with Crippen molar-refractivity contribution in [2.45, 2.75) is 0 Å². The number of carbonyl (C=O) groups is 1. The van der Waals surface area contributed by atoms with Crippen molar-refractivity contribution in [3.05, 3.63) is 58.6 Å². The van der Waals surface area contributed by atoms with Crippen LogP contribution in [0.25, 0.3) is 10.8 Å². The molecule has 0 saturated carbocycles. The minimum absolute atomic E-state index is 0.274. The Morgan fingerprint density at radius 2 is 2.00 bits per heavy atom. The van der Waals surface area contributed by atoms with Crippen molar-refractivity contribution in [2.24, 2.45) is 0 Å². The molecule has 1 heterocycles. The summed E-state index contributed by atoms with van der Waals surface area (Å²) >= 11 is 1.40. The van der Waals surface area contributed by atoms with Crippen LogP contribution in [0.4, 0.5) is 5.69 Å². The highest BCUT2D eigenvalue weighted by Crippen LogP contribution is 2.36. The van der Waals surface area contributed by atoms with Gasteiger partial charge in [-0.2, -0.15) is 0 Å². The minimum atomic E-state index is -0.522. The highest BCUT2D eigenvalue weighted by Gasteiger charge is 2.28. The number of ether oxygens (including phenoxy) is 1. The van der Waals surface area contributed by atoms with Gasteiger partial charge in [0.05, 0.1) is 17.7 Å². The van der Waals surface area contributed by atoms with Gasteiger partial charge in [0.1, 0.15) is 11.5 Å². The first-order valence-corrected chi connectivity index (χ1v) is 7.67. The third-order valence-corrected chi connectivity index (χ3v) is 4.44. The number of benzene rings is 2. The fraction of sp³-hybridized carbons (Fsp3) is 0.118. The number of methoxy groups -OCH3 is 1. The fourth-order valence-electron chi connectivity index (χ4n) is 2.32. The van der Waals surface area contributed by atoms with Crippen LogP contribution >= 0.6 is 11.8 Å². The lowest BCUT2D eigenvalue weighted by Gasteiger charge is -2.09. The van der Waals surface area contributed by atoms with E-state index in [0.717, 1.165) is 16.5 Å². The first-order chi connectivity index (χ1) is 10.7. The standard InChI is InChI=1S/C17H13NO3S/c1-21-17(20)15-13(9-19)10-22-16(15)18-14-7-6-11-4-2-3-5-12(11)8-14/h2-8,18H,10H2,1H3. The van der Waals surface area contributed by atoms with E-state index >= 15 is 0 Å². The van der Waals surface area contributed by atoms with Gasteiger partial charge < -0.3 is 10.1 Å². The van der Waals surface area contributed by atoms with Crippen LogP contribution in [-0.2, 0) is 14.3 Å². The Kier molecular flexibility index (Phi) is 4.00. The molecule has 2 aromatic carbocycles. The summed E-state index contributed by atoms with van der Waals surface area (Å²) in [6, 6.07) is 14.0. The van der Waals surface area contributed by atoms with Gasteiger partial charge in [0.2, 0.25) is 0 Å². The second kappa shape index (κ2) is 6.10. The van der Waals surface area contributed by atoms with Crippen molar-refractivity contribution < 1.29 is 14.3 Å². The summed E-state index contributed by atoms with van der Waals surface area (Å²) in [5.41, 5.74) is 1.46. The molecule has 110 valence electrons. The number of hydrogen-bond acceptors (Lipinski definition) is 5. The second-order valence-electron chi connectivity index (χ2n) is 4.75. The molecule has 5 heteroatoms. The number of carbonyl (C=O) groups excluding carboxylic acids is 2. The van der Waals surface area contributed by atoms with Gasteiger partial charge in [-0.1, -0.05) is 30.3 Å². The highest BCUT2D eigenvalue weighted by molar-refractivity contribution is 8.03. The van der Waals surface area contributed by atoms with Gasteiger partial charge >= 0.3 is 5.97 Å². The van der Waals surface area contributed by atoms with E-state index in [2.05, 4.69) is 5.32 Å². The molecule has 0 radical (unpaired) electrons. The molecule has 2 aromatic rings. The van der Waals surface area contributed by atoms with Crippen molar-refractivity contribution in [1.29, 1.82) is 0 Å². The van der Waals surface area contributed by atoms with Crippen LogP contribution < -0.4 is 5.32 Å². The minimum Gasteiger partial charge on any atom is -0.465 e. The average molecular weight is 311 g/mol. The Bertz CT molecular complexity index is 835. The molecule has 0 fully saturated rings. The topological polar surface area (TPSA) is 55.4 Å². The monoisotopic (exact) mass is 311 g/mol. The van der Waals surface area contributed by atoms with E-state index in [-0.39, 0.29) is 5.57 Å². The van der Waals surface area contributed by atoms with Crippen LogP contribution in [0.2, 0.25) is 0 Å². The summed E-state index contributed by atoms with van der Waals surface area (Å²) in [6.07, 6.45) is 0. The van der Waals surface area contributed by atoms with Crippen molar-refractivity contribution in [1.82, 2.24) is 0 Å². The van der Waals surface area contributed by atoms with Crippen molar-refractivity contribution in [3.8, 4) is 0 Å². The van der Waals surface area contributed by atoms with Crippen LogP contribution in [-0.4, -0.2) is 24.8 Å². The van der Waals surface area contributed by atoms with E-state index in [1.54, 1.807) is 0 Å². The van der Waals surface area contributed by atoms with Gasteiger partial charge in [0.15, 0.2) is 0 Å². The van der Waals surface area contributed by atoms with E-state index in [9.17, 15) is 9.59 Å². The quantitative estimate of drug-likeness (QED) is 0.697. The molecule has 0 atom stereocenters. The summed E-state index contributed by atoms with van der Waals surface area (Å²) in [5.74, 6) is 1.72. The number of fused-ring (bicyclic) bond motifs is 1. The molecule has 1 aliphatic heterocycles. The maximum absolute atomic E-state index is 11.9. The molecule has 0 unspecified atom stereocenters. The lowest BCUT2D eigenvalue weighted by Crippen LogP contribution is -2.09. The van der Waals surface area contributed by atoms with Gasteiger partial charge in [-0.25, -0.2) is 9.59 Å². The Morgan fingerprint density at radius 3 is 2.73 bits per heavy atom. The lowest BCUT2D eigenvalue weighted by molar-refractivity contribution is -0.135. The van der Waals surface area contributed by atoms with E-state index in [1.165, 1.54) is 18.9 Å². The van der Waals surface area contributed by atoms with Crippen molar-refractivity contribution in [2.75, 3.05) is 18.2 Å². The van der Waals surface area contributed by atoms with Gasteiger partial charge in [0, 0.05) is 11.4 Å². The maximum Gasteiger partial charge on any atom is 0.341 e. The summed E-state index contributed by atoms with van der Waals surface area (Å²) in [5, 5.41) is 6.07. The number of anilines is 1. The molecule has 0 spiro atoms. The molecule has 22 heavy (non-hydrogen) atoms. The second-order valence-corrected chi connectivity index (χ2v) is 5.74. The zero-order chi connectivity index (χ0) is 15.5. The maximum atomic E-state index is 11.9. The first kappa shape index (κ1) is 14.4. The van der Waals surface area contributed by atoms with E-state index in [1.807, 2.05) is 48.4 Å². The molecule has 1 aliphatic rings. The highest BCUT2D eigenvalue weighted by atomic mass is 32.2. The summed E-state index contributed by atoms with van der Waals surface area (Å²) in [4.78, 5) is 22.8. The molecule has 3 rings (SSSR count). The molecule has 1 N–H and O–H groups in total. The van der Waals surface area contributed by atoms with Crippen LogP contribution in [0.1, 0.15) is 0 Å². The normalized spacial score (nSPS) is 14.1. The van der Waals surface area contributed by atoms with Crippen molar-refractivity contribution >= 4 is 40.1 Å². The summed E-state index contributed by atoms with van der Waals surface area (Å²) in [7, 11) is 1.30. The fourth-order valence-corrected chi connectivity index (χ4v) is 3.35. The van der Waals surface area contributed by atoms with Crippen LogP contribution in [0.15, 0.2) is 58.6 Å². The van der Waals surface area contributed by atoms with Crippen LogP contribution in [0.5, 0.6) is 0 Å². The molecule has 0 aliphatic carbocycles. The van der Waals surface area contributed by atoms with Gasteiger partial charge in [-0.05, 0) is 22.9 Å². The molecule has 0 amide bonds. The number of nitrogens with one attached hydrogen (secondary N) is 1. The van der Waals surface area contributed by atoms with Crippen molar-refractivity contribution in [3.63, 3.8) is 0 Å². The molecule has 0 bridgehead atoms. The predicted octanol–water partition coefficient (Wildman–Crippen LogP) is 3.14. The number of hydrogen-bond donors (Lipinski definition) is 1. The number of esters is 1. The Hall–Kier alpha value is -2.49. The predicted molar refractivity (Wildman–Crippen MR) is 88.3 cm³/mol. The lowest BCUT2D eigenvalue weighted by atomic mass is 10.1. The third-order valence-electron chi connectivity index (χ3n) is 3.41. The summed E-state index contributed by atoms with van der Waals surface area (Å²) in [6.45, 7) is 0. The molecular weight excluding hydrogens is 298 g/mol. The zero-order valence-electron chi connectivity index (χ0n) is 11.9. The number of rotatable bonds is 3. The average Bonchev–Trinajstić information content (AvgIpc) is 2.96. The Morgan fingerprint density at radius 1 is 1.23 bits per heavy atom. The van der Waals surface area contributed by atoms with Crippen LogP contribution in [0.3, 0.4) is 0 Å². The molecular formula is C17H13NO3S. The summed E-state index contributed by atoms with van der Waals surface area (Å²) < 4.78 is 4.75. The van der Waals surface area contributed by atoms with E-state index in [4.69, 9.17) is 4.74 Å². The molecule has 0 aromatic heterocycles. The van der Waals surface area contributed by atoms with E-state index < -0.39 is 5.97 Å². The zero-order valence-corrected chi connectivity index (χ0v) is 12.7.